The zero-order valence-corrected chi connectivity index (χ0v) is 10.2. The van der Waals surface area contributed by atoms with E-state index < -0.39 is 11.5 Å². The highest BCUT2D eigenvalue weighted by Gasteiger charge is 2.46. The molecule has 92 valence electrons. The van der Waals surface area contributed by atoms with E-state index in [1.807, 2.05) is 20.8 Å². The van der Waals surface area contributed by atoms with Crippen LogP contribution in [0.4, 0.5) is 0 Å². The number of carbonyl (C=O) groups is 2. The molecule has 1 aliphatic rings. The summed E-state index contributed by atoms with van der Waals surface area (Å²) in [7, 11) is 0. The van der Waals surface area contributed by atoms with E-state index in [1.54, 1.807) is 0 Å². The molecule has 1 saturated carbocycles. The number of hydrogen-bond donors (Lipinski definition) is 2. The molecular weight excluding hydrogens is 206 g/mol. The number of hydrogen-bond acceptors (Lipinski definition) is 2. The van der Waals surface area contributed by atoms with Crippen LogP contribution in [0.3, 0.4) is 0 Å². The Bertz CT molecular complexity index is 284. The predicted octanol–water partition coefficient (Wildman–Crippen LogP) is 1.79. The van der Waals surface area contributed by atoms with Crippen LogP contribution in [-0.2, 0) is 9.59 Å². The van der Waals surface area contributed by atoms with Crippen LogP contribution in [-0.4, -0.2) is 22.5 Å². The molecule has 0 aromatic carbocycles. The van der Waals surface area contributed by atoms with Gasteiger partial charge in [-0.05, 0) is 25.2 Å². The minimum absolute atomic E-state index is 0.123. The summed E-state index contributed by atoms with van der Waals surface area (Å²) in [6.45, 7) is 5.90. The number of rotatable bonds is 5. The Kier molecular flexibility index (Phi) is 3.94. The summed E-state index contributed by atoms with van der Waals surface area (Å²) in [5.41, 5.74) is -0.973. The van der Waals surface area contributed by atoms with Crippen LogP contribution in [0.5, 0.6) is 0 Å². The van der Waals surface area contributed by atoms with Crippen molar-refractivity contribution in [1.82, 2.24) is 5.32 Å². The number of carboxylic acid groups (broad SMARTS) is 1. The second-order valence-corrected chi connectivity index (χ2v) is 4.90. The number of nitrogens with one attached hydrogen (secondary N) is 1. The van der Waals surface area contributed by atoms with Gasteiger partial charge in [-0.25, -0.2) is 4.79 Å². The molecule has 16 heavy (non-hydrogen) atoms. The van der Waals surface area contributed by atoms with Crippen molar-refractivity contribution in [3.05, 3.63) is 0 Å². The maximum atomic E-state index is 11.9. The first kappa shape index (κ1) is 13.0. The third kappa shape index (κ3) is 2.36. The first-order valence-corrected chi connectivity index (χ1v) is 5.98. The summed E-state index contributed by atoms with van der Waals surface area (Å²) in [4.78, 5) is 23.0. The topological polar surface area (TPSA) is 66.4 Å². The average Bonchev–Trinajstić information content (AvgIpc) is 2.20. The van der Waals surface area contributed by atoms with Crippen molar-refractivity contribution in [3.63, 3.8) is 0 Å². The van der Waals surface area contributed by atoms with Gasteiger partial charge in [0.1, 0.15) is 5.54 Å². The summed E-state index contributed by atoms with van der Waals surface area (Å²) >= 11 is 0. The molecule has 0 aromatic heterocycles. The zero-order chi connectivity index (χ0) is 12.3. The van der Waals surface area contributed by atoms with Crippen LogP contribution in [0.1, 0.15) is 46.5 Å². The van der Waals surface area contributed by atoms with Crippen molar-refractivity contribution in [2.24, 2.45) is 11.8 Å². The summed E-state index contributed by atoms with van der Waals surface area (Å²) in [6.07, 6.45) is 2.92. The zero-order valence-electron chi connectivity index (χ0n) is 10.2. The minimum Gasteiger partial charge on any atom is -0.480 e. The molecule has 0 aliphatic heterocycles. The Morgan fingerprint density at radius 1 is 1.38 bits per heavy atom. The van der Waals surface area contributed by atoms with E-state index in [-0.39, 0.29) is 17.7 Å². The number of carboxylic acids is 1. The van der Waals surface area contributed by atoms with Crippen LogP contribution in [0.2, 0.25) is 0 Å². The fourth-order valence-electron chi connectivity index (χ4n) is 1.88. The maximum absolute atomic E-state index is 11.9. The molecule has 2 atom stereocenters. The lowest BCUT2D eigenvalue weighted by molar-refractivity contribution is -0.152. The molecule has 2 unspecified atom stereocenters. The van der Waals surface area contributed by atoms with Crippen molar-refractivity contribution < 1.29 is 14.7 Å². The molecule has 0 saturated heterocycles. The van der Waals surface area contributed by atoms with E-state index in [0.29, 0.717) is 12.8 Å². The van der Waals surface area contributed by atoms with Crippen molar-refractivity contribution in [1.29, 1.82) is 0 Å². The molecule has 1 rings (SSSR count). The SMILES string of the molecule is CCC(C)C(C)C(=O)NC1(C(=O)O)CCC1. The highest BCUT2D eigenvalue weighted by atomic mass is 16.4. The molecule has 4 nitrogen and oxygen atoms in total. The third-order valence-electron chi connectivity index (χ3n) is 3.89. The van der Waals surface area contributed by atoms with Crippen LogP contribution >= 0.6 is 0 Å². The molecule has 4 heteroatoms. The number of carbonyl (C=O) groups excluding carboxylic acids is 1. The largest absolute Gasteiger partial charge is 0.480 e. The predicted molar refractivity (Wildman–Crippen MR) is 61.0 cm³/mol. The fraction of sp³-hybridized carbons (Fsp3) is 0.833. The van der Waals surface area contributed by atoms with E-state index in [0.717, 1.165) is 12.8 Å². The van der Waals surface area contributed by atoms with Gasteiger partial charge >= 0.3 is 5.97 Å². The summed E-state index contributed by atoms with van der Waals surface area (Å²) in [6, 6.07) is 0. The first-order chi connectivity index (χ1) is 7.43. The van der Waals surface area contributed by atoms with Crippen LogP contribution in [0, 0.1) is 11.8 Å². The molecule has 1 aliphatic carbocycles. The molecule has 2 N–H and O–H groups in total. The quantitative estimate of drug-likeness (QED) is 0.752. The van der Waals surface area contributed by atoms with Crippen molar-refractivity contribution >= 4 is 11.9 Å². The highest BCUT2D eigenvalue weighted by Crippen LogP contribution is 2.32. The minimum atomic E-state index is -0.973. The van der Waals surface area contributed by atoms with Gasteiger partial charge in [0.15, 0.2) is 0 Å². The monoisotopic (exact) mass is 227 g/mol. The Morgan fingerprint density at radius 3 is 2.25 bits per heavy atom. The van der Waals surface area contributed by atoms with Crippen LogP contribution in [0.25, 0.3) is 0 Å². The first-order valence-electron chi connectivity index (χ1n) is 5.98. The second kappa shape index (κ2) is 4.85. The van der Waals surface area contributed by atoms with Gasteiger partial charge in [0.2, 0.25) is 5.91 Å². The summed E-state index contributed by atoms with van der Waals surface area (Å²) < 4.78 is 0. The lowest BCUT2D eigenvalue weighted by atomic mass is 9.76. The molecule has 1 fully saturated rings. The third-order valence-corrected chi connectivity index (χ3v) is 3.89. The van der Waals surface area contributed by atoms with Gasteiger partial charge < -0.3 is 10.4 Å². The Hall–Kier alpha value is -1.06. The molecule has 0 heterocycles. The molecular formula is C12H21NO3. The van der Waals surface area contributed by atoms with Gasteiger partial charge in [0.25, 0.3) is 0 Å². The van der Waals surface area contributed by atoms with Gasteiger partial charge in [-0.15, -0.1) is 0 Å². The second-order valence-electron chi connectivity index (χ2n) is 4.90. The van der Waals surface area contributed by atoms with Crippen LogP contribution in [0.15, 0.2) is 0 Å². The number of amides is 1. The molecule has 0 radical (unpaired) electrons. The summed E-state index contributed by atoms with van der Waals surface area (Å²) in [5, 5.41) is 11.8. The van der Waals surface area contributed by atoms with Gasteiger partial charge in [-0.1, -0.05) is 27.2 Å². The van der Waals surface area contributed by atoms with Gasteiger partial charge in [0.05, 0.1) is 0 Å². The number of aliphatic carboxylic acids is 1. The molecule has 1 amide bonds. The summed E-state index contributed by atoms with van der Waals surface area (Å²) in [5.74, 6) is -0.868. The Balaban J connectivity index is 2.59. The van der Waals surface area contributed by atoms with Crippen LogP contribution < -0.4 is 5.32 Å². The van der Waals surface area contributed by atoms with E-state index in [9.17, 15) is 9.59 Å². The molecule has 0 spiro atoms. The highest BCUT2D eigenvalue weighted by molar-refractivity contribution is 5.88. The average molecular weight is 227 g/mol. The molecule has 0 bridgehead atoms. The van der Waals surface area contributed by atoms with Crippen molar-refractivity contribution in [2.45, 2.75) is 52.0 Å². The van der Waals surface area contributed by atoms with E-state index in [4.69, 9.17) is 5.11 Å². The Labute approximate surface area is 96.4 Å². The van der Waals surface area contributed by atoms with Gasteiger partial charge in [-0.3, -0.25) is 4.79 Å². The normalized spacial score (nSPS) is 21.7. The Morgan fingerprint density at radius 2 is 1.94 bits per heavy atom. The van der Waals surface area contributed by atoms with E-state index in [2.05, 4.69) is 5.32 Å². The van der Waals surface area contributed by atoms with Crippen molar-refractivity contribution in [3.8, 4) is 0 Å². The lowest BCUT2D eigenvalue weighted by Crippen LogP contribution is -2.60. The van der Waals surface area contributed by atoms with Gasteiger partial charge in [0, 0.05) is 5.92 Å². The van der Waals surface area contributed by atoms with E-state index in [1.165, 1.54) is 0 Å². The van der Waals surface area contributed by atoms with Crippen molar-refractivity contribution in [2.75, 3.05) is 0 Å². The van der Waals surface area contributed by atoms with E-state index >= 15 is 0 Å². The van der Waals surface area contributed by atoms with Gasteiger partial charge in [-0.2, -0.15) is 0 Å². The standard InChI is InChI=1S/C12H21NO3/c1-4-8(2)9(3)10(14)13-12(11(15)16)6-5-7-12/h8-9H,4-7H2,1-3H3,(H,13,14)(H,15,16). The maximum Gasteiger partial charge on any atom is 0.329 e. The lowest BCUT2D eigenvalue weighted by Gasteiger charge is -2.39. The molecule has 0 aromatic rings. The smallest absolute Gasteiger partial charge is 0.329 e. The fourth-order valence-corrected chi connectivity index (χ4v) is 1.88.